The van der Waals surface area contributed by atoms with Crippen molar-refractivity contribution in [1.82, 2.24) is 24.8 Å². The molecule has 11 heteroatoms. The maximum Gasteiger partial charge on any atom is 0.276 e. The molecule has 182 valence electrons. The van der Waals surface area contributed by atoms with E-state index >= 15 is 0 Å². The third kappa shape index (κ3) is 4.59. The molecule has 0 aliphatic carbocycles. The molecule has 1 aromatic heterocycles. The average molecular weight is 500 g/mol. The van der Waals surface area contributed by atoms with Crippen molar-refractivity contribution < 1.29 is 23.5 Å². The number of halogens is 2. The van der Waals surface area contributed by atoms with Crippen molar-refractivity contribution in [2.75, 3.05) is 33.3 Å². The number of methoxy groups -OCH3 is 1. The lowest BCUT2D eigenvalue weighted by Crippen LogP contribution is -2.51. The topological polar surface area (TPSA) is 89.8 Å². The van der Waals surface area contributed by atoms with Crippen molar-refractivity contribution in [3.8, 4) is 5.75 Å². The summed E-state index contributed by atoms with van der Waals surface area (Å²) in [5.74, 6) is -0.273. The predicted molar refractivity (Wildman–Crippen MR) is 124 cm³/mol. The summed E-state index contributed by atoms with van der Waals surface area (Å²) < 4.78 is 26.2. The van der Waals surface area contributed by atoms with Crippen LogP contribution in [0.5, 0.6) is 5.75 Å². The zero-order valence-corrected chi connectivity index (χ0v) is 19.7. The van der Waals surface area contributed by atoms with Gasteiger partial charge in [-0.25, -0.2) is 9.07 Å². The number of rotatable bonds is 4. The van der Waals surface area contributed by atoms with Crippen LogP contribution < -0.4 is 4.74 Å². The van der Waals surface area contributed by atoms with Crippen LogP contribution >= 0.6 is 11.6 Å². The van der Waals surface area contributed by atoms with Gasteiger partial charge in [-0.05, 0) is 35.9 Å². The summed E-state index contributed by atoms with van der Waals surface area (Å²) in [6.07, 6.45) is -0.203. The number of hydrogen-bond donors (Lipinski definition) is 0. The van der Waals surface area contributed by atoms with Crippen molar-refractivity contribution in [3.63, 3.8) is 0 Å². The Balaban J connectivity index is 1.22. The molecule has 35 heavy (non-hydrogen) atoms. The lowest BCUT2D eigenvalue weighted by Gasteiger charge is -2.34. The summed E-state index contributed by atoms with van der Waals surface area (Å²) >= 11 is 6.03. The van der Waals surface area contributed by atoms with Crippen molar-refractivity contribution in [3.05, 3.63) is 75.8 Å². The number of aromatic nitrogens is 3. The molecule has 3 aromatic rings. The number of piperazine rings is 1. The molecular formula is C24H23ClFN5O4. The number of fused-ring (bicyclic) bond motifs is 1. The third-order valence-corrected chi connectivity index (χ3v) is 6.62. The van der Waals surface area contributed by atoms with Gasteiger partial charge in [0.1, 0.15) is 17.7 Å². The van der Waals surface area contributed by atoms with Gasteiger partial charge in [-0.3, -0.25) is 9.59 Å². The minimum Gasteiger partial charge on any atom is -0.497 e. The highest BCUT2D eigenvalue weighted by molar-refractivity contribution is 6.33. The number of amides is 2. The van der Waals surface area contributed by atoms with E-state index in [0.717, 1.165) is 17.4 Å². The molecule has 2 aliphatic rings. The molecule has 2 aliphatic heterocycles. The molecule has 0 radical (unpaired) electrons. The molecule has 5 rings (SSSR count). The van der Waals surface area contributed by atoms with E-state index in [-0.39, 0.29) is 40.8 Å². The summed E-state index contributed by atoms with van der Waals surface area (Å²) in [5, 5.41) is 8.39. The zero-order valence-electron chi connectivity index (χ0n) is 19.0. The van der Waals surface area contributed by atoms with Crippen LogP contribution in [0.25, 0.3) is 0 Å². The Morgan fingerprint density at radius 3 is 2.40 bits per heavy atom. The average Bonchev–Trinajstić information content (AvgIpc) is 3.31. The van der Waals surface area contributed by atoms with Gasteiger partial charge >= 0.3 is 0 Å². The van der Waals surface area contributed by atoms with Gasteiger partial charge in [0.05, 0.1) is 36.5 Å². The largest absolute Gasteiger partial charge is 0.497 e. The molecule has 0 spiro atoms. The van der Waals surface area contributed by atoms with Gasteiger partial charge in [-0.2, -0.15) is 0 Å². The van der Waals surface area contributed by atoms with Crippen LogP contribution in [0.2, 0.25) is 5.02 Å². The summed E-state index contributed by atoms with van der Waals surface area (Å²) in [7, 11) is 1.62. The van der Waals surface area contributed by atoms with Crippen LogP contribution in [0.3, 0.4) is 0 Å². The van der Waals surface area contributed by atoms with E-state index < -0.39 is 5.82 Å². The van der Waals surface area contributed by atoms with Gasteiger partial charge in [-0.1, -0.05) is 28.9 Å². The fourth-order valence-electron chi connectivity index (χ4n) is 4.29. The van der Waals surface area contributed by atoms with E-state index in [1.54, 1.807) is 21.6 Å². The van der Waals surface area contributed by atoms with Crippen LogP contribution in [0.15, 0.2) is 42.5 Å². The summed E-state index contributed by atoms with van der Waals surface area (Å²) in [4.78, 5) is 29.2. The number of hydrogen-bond acceptors (Lipinski definition) is 6. The minimum atomic E-state index is -0.502. The Bertz CT molecular complexity index is 1260. The van der Waals surface area contributed by atoms with Crippen molar-refractivity contribution in [1.29, 1.82) is 0 Å². The molecule has 2 amide bonds. The standard InChI is InChI=1S/C24H23ClFN5O4/c1-34-17-5-2-15(3-6-17)21-13-31-20(14-35-21)22(27-28-31)24(33)30-10-8-29(9-11-30)23(32)18-7-4-16(26)12-19(18)25/h2-7,12,21H,8-11,13-14H2,1H3/t21-/m0/s1. The second kappa shape index (κ2) is 9.63. The highest BCUT2D eigenvalue weighted by atomic mass is 35.5. The van der Waals surface area contributed by atoms with E-state index in [0.29, 0.717) is 38.4 Å². The number of benzene rings is 2. The second-order valence-electron chi connectivity index (χ2n) is 8.35. The van der Waals surface area contributed by atoms with Gasteiger partial charge in [0.25, 0.3) is 11.8 Å². The Morgan fingerprint density at radius 2 is 1.74 bits per heavy atom. The third-order valence-electron chi connectivity index (χ3n) is 6.30. The van der Waals surface area contributed by atoms with Crippen molar-refractivity contribution in [2.45, 2.75) is 19.3 Å². The molecule has 0 unspecified atom stereocenters. The van der Waals surface area contributed by atoms with Gasteiger partial charge in [-0.15, -0.1) is 5.10 Å². The first-order chi connectivity index (χ1) is 16.9. The molecule has 1 atom stereocenters. The first-order valence-corrected chi connectivity index (χ1v) is 11.5. The maximum atomic E-state index is 13.3. The molecule has 9 nitrogen and oxygen atoms in total. The van der Waals surface area contributed by atoms with Crippen LogP contribution in [0.1, 0.15) is 38.2 Å². The summed E-state index contributed by atoms with van der Waals surface area (Å²) in [6.45, 7) is 2.00. The lowest BCUT2D eigenvalue weighted by atomic mass is 10.1. The Kier molecular flexibility index (Phi) is 6.40. The molecule has 3 heterocycles. The number of nitrogens with zero attached hydrogens (tertiary/aromatic N) is 5. The van der Waals surface area contributed by atoms with E-state index in [1.807, 2.05) is 24.3 Å². The number of carbonyl (C=O) groups is 2. The molecule has 0 saturated carbocycles. The monoisotopic (exact) mass is 499 g/mol. The maximum absolute atomic E-state index is 13.3. The van der Waals surface area contributed by atoms with Crippen molar-refractivity contribution in [2.24, 2.45) is 0 Å². The molecule has 0 N–H and O–H groups in total. The van der Waals surface area contributed by atoms with Crippen LogP contribution in [-0.2, 0) is 17.9 Å². The molecule has 0 bridgehead atoms. The van der Waals surface area contributed by atoms with Crippen molar-refractivity contribution >= 4 is 23.4 Å². The lowest BCUT2D eigenvalue weighted by molar-refractivity contribution is -0.00204. The van der Waals surface area contributed by atoms with Crippen LogP contribution in [0, 0.1) is 5.82 Å². The number of carbonyl (C=O) groups excluding carboxylic acids is 2. The quantitative estimate of drug-likeness (QED) is 0.548. The molecule has 2 aromatic carbocycles. The van der Waals surface area contributed by atoms with Gasteiger partial charge in [0.15, 0.2) is 5.69 Å². The fourth-order valence-corrected chi connectivity index (χ4v) is 4.54. The first kappa shape index (κ1) is 23.3. The highest BCUT2D eigenvalue weighted by Crippen LogP contribution is 2.29. The van der Waals surface area contributed by atoms with Crippen LogP contribution in [-0.4, -0.2) is 69.9 Å². The van der Waals surface area contributed by atoms with Gasteiger partial charge < -0.3 is 19.3 Å². The first-order valence-electron chi connectivity index (χ1n) is 11.2. The van der Waals surface area contributed by atoms with E-state index in [1.165, 1.54) is 12.1 Å². The summed E-state index contributed by atoms with van der Waals surface area (Å²) in [5.41, 5.74) is 2.13. The smallest absolute Gasteiger partial charge is 0.276 e. The zero-order chi connectivity index (χ0) is 24.5. The van der Waals surface area contributed by atoms with E-state index in [4.69, 9.17) is 21.1 Å². The Hall–Kier alpha value is -3.50. The van der Waals surface area contributed by atoms with Gasteiger partial charge in [0.2, 0.25) is 0 Å². The molecular weight excluding hydrogens is 477 g/mol. The Morgan fingerprint density at radius 1 is 1.06 bits per heavy atom. The highest BCUT2D eigenvalue weighted by Gasteiger charge is 2.32. The number of ether oxygens (including phenoxy) is 2. The van der Waals surface area contributed by atoms with Gasteiger partial charge in [0, 0.05) is 26.2 Å². The second-order valence-corrected chi connectivity index (χ2v) is 8.76. The van der Waals surface area contributed by atoms with Crippen LogP contribution in [0.4, 0.5) is 4.39 Å². The predicted octanol–water partition coefficient (Wildman–Crippen LogP) is 2.95. The van der Waals surface area contributed by atoms with E-state index in [2.05, 4.69) is 10.3 Å². The summed E-state index contributed by atoms with van der Waals surface area (Å²) in [6, 6.07) is 11.3. The molecule has 1 saturated heterocycles. The Labute approximate surface area is 206 Å². The molecule has 1 fully saturated rings. The fraction of sp³-hybridized carbons (Fsp3) is 0.333. The minimum absolute atomic E-state index is 0.0668. The van der Waals surface area contributed by atoms with E-state index in [9.17, 15) is 14.0 Å². The SMILES string of the molecule is COc1ccc([C@@H]2Cn3nnc(C(=O)N4CCN(C(=O)c5ccc(F)cc5Cl)CC4)c3CO2)cc1. The normalized spacial score (nSPS) is 17.7.